The number of hydrogen-bond donors (Lipinski definition) is 3. The van der Waals surface area contributed by atoms with Crippen LogP contribution in [-0.4, -0.2) is 10.2 Å². The van der Waals surface area contributed by atoms with Gasteiger partial charge >= 0.3 is 0 Å². The number of anilines is 1. The summed E-state index contributed by atoms with van der Waals surface area (Å²) < 4.78 is 0. The van der Waals surface area contributed by atoms with Crippen LogP contribution in [0.2, 0.25) is 0 Å². The fourth-order valence-corrected chi connectivity index (χ4v) is 2.96. The van der Waals surface area contributed by atoms with E-state index in [0.29, 0.717) is 33.2 Å². The lowest BCUT2D eigenvalue weighted by molar-refractivity contribution is 0.481. The van der Waals surface area contributed by atoms with E-state index in [2.05, 4.69) is 10.2 Å². The molecule has 0 spiro atoms. The Kier molecular flexibility index (Phi) is 3.47. The summed E-state index contributed by atoms with van der Waals surface area (Å²) in [5.74, 6) is 0.352. The molecular weight excluding hydrogens is 314 g/mol. The minimum atomic E-state index is 0.149. The lowest BCUT2D eigenvalue weighted by Gasteiger charge is -2.07. The zero-order valence-corrected chi connectivity index (χ0v) is 13.2. The molecule has 0 unspecified atom stereocenters. The van der Waals surface area contributed by atoms with E-state index in [1.165, 1.54) is 0 Å². The number of azo groups is 1. The molecule has 0 saturated heterocycles. The van der Waals surface area contributed by atoms with E-state index in [1.54, 1.807) is 42.5 Å². The van der Waals surface area contributed by atoms with Gasteiger partial charge in [0, 0.05) is 27.2 Å². The summed E-state index contributed by atoms with van der Waals surface area (Å²) in [5, 5.41) is 31.5. The predicted octanol–water partition coefficient (Wildman–Crippen LogP) is 5.40. The summed E-state index contributed by atoms with van der Waals surface area (Å²) in [6.07, 6.45) is 0. The highest BCUT2D eigenvalue weighted by atomic mass is 16.3. The second-order valence-corrected chi connectivity index (χ2v) is 5.72. The standard InChI is InChI=1S/C20H15N3O2/c21-15-7-1-6-14-19(25)11-10-17(20(14)15)23-22-16-8-2-5-13-12(16)4-3-9-18(13)24/h1-11,24-25H,21H2. The molecule has 0 aromatic heterocycles. The van der Waals surface area contributed by atoms with Gasteiger partial charge in [-0.25, -0.2) is 0 Å². The van der Waals surface area contributed by atoms with Crippen LogP contribution >= 0.6 is 0 Å². The van der Waals surface area contributed by atoms with Crippen molar-refractivity contribution >= 4 is 38.6 Å². The molecule has 122 valence electrons. The number of benzene rings is 4. The fraction of sp³-hybridized carbons (Fsp3) is 0. The Balaban J connectivity index is 1.88. The Morgan fingerprint density at radius 2 is 1.24 bits per heavy atom. The zero-order chi connectivity index (χ0) is 17.4. The second-order valence-electron chi connectivity index (χ2n) is 5.72. The maximum absolute atomic E-state index is 10.0. The first-order chi connectivity index (χ1) is 12.1. The summed E-state index contributed by atoms with van der Waals surface area (Å²) in [5.41, 5.74) is 7.80. The molecule has 4 rings (SSSR count). The Labute approximate surface area is 143 Å². The molecule has 4 aromatic carbocycles. The summed E-state index contributed by atoms with van der Waals surface area (Å²) in [7, 11) is 0. The third-order valence-electron chi connectivity index (χ3n) is 4.17. The van der Waals surface area contributed by atoms with Gasteiger partial charge in [-0.15, -0.1) is 10.2 Å². The highest BCUT2D eigenvalue weighted by Crippen LogP contribution is 2.38. The van der Waals surface area contributed by atoms with Crippen molar-refractivity contribution < 1.29 is 10.2 Å². The van der Waals surface area contributed by atoms with Gasteiger partial charge in [0.25, 0.3) is 0 Å². The normalized spacial score (nSPS) is 11.5. The molecule has 0 bridgehead atoms. The maximum Gasteiger partial charge on any atom is 0.123 e. The Morgan fingerprint density at radius 1 is 0.600 bits per heavy atom. The molecule has 0 fully saturated rings. The van der Waals surface area contributed by atoms with Crippen molar-refractivity contribution in [3.05, 3.63) is 66.7 Å². The summed E-state index contributed by atoms with van der Waals surface area (Å²) in [6, 6.07) is 19.4. The molecule has 0 amide bonds. The van der Waals surface area contributed by atoms with Crippen LogP contribution in [-0.2, 0) is 0 Å². The molecule has 25 heavy (non-hydrogen) atoms. The molecule has 0 aliphatic rings. The smallest absolute Gasteiger partial charge is 0.123 e. The van der Waals surface area contributed by atoms with E-state index in [-0.39, 0.29) is 11.5 Å². The molecule has 0 heterocycles. The monoisotopic (exact) mass is 329 g/mol. The fourth-order valence-electron chi connectivity index (χ4n) is 2.96. The van der Waals surface area contributed by atoms with Crippen molar-refractivity contribution in [3.63, 3.8) is 0 Å². The number of nitrogen functional groups attached to an aromatic ring is 1. The summed E-state index contributed by atoms with van der Waals surface area (Å²) in [6.45, 7) is 0. The Bertz CT molecular complexity index is 1140. The average Bonchev–Trinajstić information content (AvgIpc) is 2.62. The summed E-state index contributed by atoms with van der Waals surface area (Å²) >= 11 is 0. The number of fused-ring (bicyclic) bond motifs is 2. The third-order valence-corrected chi connectivity index (χ3v) is 4.17. The first kappa shape index (κ1) is 15.0. The van der Waals surface area contributed by atoms with E-state index >= 15 is 0 Å². The molecule has 0 saturated carbocycles. The van der Waals surface area contributed by atoms with Crippen molar-refractivity contribution in [1.29, 1.82) is 0 Å². The molecule has 0 aliphatic heterocycles. The lowest BCUT2D eigenvalue weighted by Crippen LogP contribution is -1.87. The minimum absolute atomic E-state index is 0.149. The topological polar surface area (TPSA) is 91.2 Å². The first-order valence-corrected chi connectivity index (χ1v) is 7.78. The minimum Gasteiger partial charge on any atom is -0.507 e. The molecule has 5 nitrogen and oxygen atoms in total. The first-order valence-electron chi connectivity index (χ1n) is 7.78. The molecule has 5 heteroatoms. The van der Waals surface area contributed by atoms with Crippen LogP contribution < -0.4 is 5.73 Å². The van der Waals surface area contributed by atoms with Crippen molar-refractivity contribution in [2.24, 2.45) is 10.2 Å². The van der Waals surface area contributed by atoms with E-state index < -0.39 is 0 Å². The van der Waals surface area contributed by atoms with Crippen molar-refractivity contribution in [1.82, 2.24) is 0 Å². The number of phenols is 2. The molecule has 4 N–H and O–H groups in total. The highest BCUT2D eigenvalue weighted by molar-refractivity contribution is 6.04. The molecular formula is C20H15N3O2. The third kappa shape index (κ3) is 2.52. The van der Waals surface area contributed by atoms with Crippen LogP contribution in [0.5, 0.6) is 11.5 Å². The number of nitrogens with zero attached hydrogens (tertiary/aromatic N) is 2. The van der Waals surface area contributed by atoms with E-state index in [4.69, 9.17) is 5.73 Å². The number of phenolic OH excluding ortho intramolecular Hbond substituents is 2. The zero-order valence-electron chi connectivity index (χ0n) is 13.2. The van der Waals surface area contributed by atoms with Gasteiger partial charge in [-0.1, -0.05) is 36.4 Å². The van der Waals surface area contributed by atoms with Crippen molar-refractivity contribution in [3.8, 4) is 11.5 Å². The van der Waals surface area contributed by atoms with Gasteiger partial charge in [0.15, 0.2) is 0 Å². The van der Waals surface area contributed by atoms with Gasteiger partial charge < -0.3 is 15.9 Å². The molecule has 4 aromatic rings. The van der Waals surface area contributed by atoms with Crippen LogP contribution in [0.15, 0.2) is 77.0 Å². The largest absolute Gasteiger partial charge is 0.507 e. The van der Waals surface area contributed by atoms with Crippen LogP contribution in [0, 0.1) is 0 Å². The SMILES string of the molecule is Nc1cccc2c(O)ccc(N=Nc3cccc4c(O)cccc34)c12. The number of nitrogens with two attached hydrogens (primary N) is 1. The van der Waals surface area contributed by atoms with Crippen molar-refractivity contribution in [2.75, 3.05) is 5.73 Å². The van der Waals surface area contributed by atoms with Crippen LogP contribution in [0.1, 0.15) is 0 Å². The number of rotatable bonds is 2. The summed E-state index contributed by atoms with van der Waals surface area (Å²) in [4.78, 5) is 0. The maximum atomic E-state index is 10.0. The molecule has 0 aliphatic carbocycles. The number of aromatic hydroxyl groups is 2. The van der Waals surface area contributed by atoms with Gasteiger partial charge in [-0.3, -0.25) is 0 Å². The van der Waals surface area contributed by atoms with Gasteiger partial charge in [-0.2, -0.15) is 0 Å². The highest BCUT2D eigenvalue weighted by Gasteiger charge is 2.08. The Hall–Kier alpha value is -3.60. The van der Waals surface area contributed by atoms with Crippen LogP contribution in [0.25, 0.3) is 21.5 Å². The Morgan fingerprint density at radius 3 is 2.12 bits per heavy atom. The van der Waals surface area contributed by atoms with Gasteiger partial charge in [-0.05, 0) is 30.3 Å². The van der Waals surface area contributed by atoms with Crippen LogP contribution in [0.4, 0.5) is 17.1 Å². The second kappa shape index (κ2) is 5.79. The molecule has 0 atom stereocenters. The quantitative estimate of drug-likeness (QED) is 0.339. The molecule has 0 radical (unpaired) electrons. The van der Waals surface area contributed by atoms with Gasteiger partial charge in [0.05, 0.1) is 11.4 Å². The van der Waals surface area contributed by atoms with Crippen LogP contribution in [0.3, 0.4) is 0 Å². The number of hydrogen-bond acceptors (Lipinski definition) is 5. The average molecular weight is 329 g/mol. The predicted molar refractivity (Wildman–Crippen MR) is 99.8 cm³/mol. The van der Waals surface area contributed by atoms with E-state index in [1.807, 2.05) is 24.3 Å². The lowest BCUT2D eigenvalue weighted by atomic mass is 10.1. The van der Waals surface area contributed by atoms with Gasteiger partial charge in [0.1, 0.15) is 11.5 Å². The van der Waals surface area contributed by atoms with Gasteiger partial charge in [0.2, 0.25) is 0 Å². The van der Waals surface area contributed by atoms with Crippen molar-refractivity contribution in [2.45, 2.75) is 0 Å². The van der Waals surface area contributed by atoms with E-state index in [9.17, 15) is 10.2 Å². The van der Waals surface area contributed by atoms with E-state index in [0.717, 1.165) is 5.39 Å².